The Balaban J connectivity index is 2.71. The highest BCUT2D eigenvalue weighted by atomic mass is 16.5. The van der Waals surface area contributed by atoms with E-state index in [1.807, 2.05) is 0 Å². The third-order valence-electron chi connectivity index (χ3n) is 4.79. The van der Waals surface area contributed by atoms with Gasteiger partial charge in [0.05, 0.1) is 6.61 Å². The van der Waals surface area contributed by atoms with Gasteiger partial charge in [0.2, 0.25) is 0 Å². The van der Waals surface area contributed by atoms with Crippen LogP contribution >= 0.6 is 0 Å². The van der Waals surface area contributed by atoms with E-state index in [-0.39, 0.29) is 11.6 Å². The fraction of sp³-hybridized carbons (Fsp3) is 0.650. The van der Waals surface area contributed by atoms with Crippen LogP contribution in [0.2, 0.25) is 0 Å². The topological polar surface area (TPSA) is 57.7 Å². The molecule has 25 heavy (non-hydrogen) atoms. The van der Waals surface area contributed by atoms with E-state index in [0.717, 1.165) is 25.3 Å². The van der Waals surface area contributed by atoms with E-state index in [1.165, 1.54) is 5.56 Å². The van der Waals surface area contributed by atoms with Crippen molar-refractivity contribution in [2.24, 2.45) is 4.99 Å². The fourth-order valence-corrected chi connectivity index (χ4v) is 3.01. The van der Waals surface area contributed by atoms with E-state index in [0.29, 0.717) is 12.6 Å². The van der Waals surface area contributed by atoms with Gasteiger partial charge in [-0.05, 0) is 32.3 Å². The molecule has 0 saturated heterocycles. The molecular formula is C20H36N4O. The Morgan fingerprint density at radius 2 is 1.80 bits per heavy atom. The lowest BCUT2D eigenvalue weighted by Crippen LogP contribution is -2.56. The summed E-state index contributed by atoms with van der Waals surface area (Å²) in [6.07, 6.45) is 2.08. The van der Waals surface area contributed by atoms with E-state index in [2.05, 4.69) is 79.0 Å². The van der Waals surface area contributed by atoms with Crippen LogP contribution in [0, 0.1) is 0 Å². The molecule has 5 nitrogen and oxygen atoms in total. The van der Waals surface area contributed by atoms with Crippen LogP contribution in [0.5, 0.6) is 0 Å². The maximum absolute atomic E-state index is 5.18. The average molecular weight is 349 g/mol. The number of guanidine groups is 1. The lowest BCUT2D eigenvalue weighted by Gasteiger charge is -2.37. The summed E-state index contributed by atoms with van der Waals surface area (Å²) in [4.78, 5) is 4.33. The predicted molar refractivity (Wildman–Crippen MR) is 107 cm³/mol. The van der Waals surface area contributed by atoms with E-state index < -0.39 is 0 Å². The van der Waals surface area contributed by atoms with Crippen molar-refractivity contribution in [2.75, 3.05) is 27.3 Å². The van der Waals surface area contributed by atoms with Crippen LogP contribution in [0.1, 0.15) is 52.1 Å². The Kier molecular flexibility index (Phi) is 9.53. The van der Waals surface area contributed by atoms with Crippen molar-refractivity contribution in [3.05, 3.63) is 35.9 Å². The summed E-state index contributed by atoms with van der Waals surface area (Å²) in [6, 6.07) is 11.1. The van der Waals surface area contributed by atoms with Crippen LogP contribution in [0.25, 0.3) is 0 Å². The molecular weight excluding hydrogens is 312 g/mol. The molecule has 0 fully saturated rings. The highest BCUT2D eigenvalue weighted by Crippen LogP contribution is 2.21. The zero-order valence-corrected chi connectivity index (χ0v) is 16.7. The van der Waals surface area contributed by atoms with Crippen LogP contribution in [0.4, 0.5) is 0 Å². The summed E-state index contributed by atoms with van der Waals surface area (Å²) < 4.78 is 5.18. The second-order valence-electron chi connectivity index (χ2n) is 6.69. The number of hydrogen-bond acceptors (Lipinski definition) is 3. The number of methoxy groups -OCH3 is 1. The van der Waals surface area contributed by atoms with E-state index in [1.54, 1.807) is 14.2 Å². The summed E-state index contributed by atoms with van der Waals surface area (Å²) in [7, 11) is 3.51. The molecule has 0 bridgehead atoms. The molecule has 2 atom stereocenters. The maximum atomic E-state index is 5.18. The molecule has 0 aliphatic carbocycles. The molecule has 0 saturated carbocycles. The van der Waals surface area contributed by atoms with Gasteiger partial charge in [-0.1, -0.05) is 44.2 Å². The molecule has 1 rings (SSSR count). The summed E-state index contributed by atoms with van der Waals surface area (Å²) in [5.41, 5.74) is 1.32. The minimum atomic E-state index is 0.0113. The smallest absolute Gasteiger partial charge is 0.191 e. The highest BCUT2D eigenvalue weighted by molar-refractivity contribution is 5.80. The van der Waals surface area contributed by atoms with Crippen LogP contribution in [0.15, 0.2) is 35.3 Å². The van der Waals surface area contributed by atoms with Crippen LogP contribution in [-0.2, 0) is 4.74 Å². The summed E-state index contributed by atoms with van der Waals surface area (Å²) in [5, 5.41) is 10.7. The van der Waals surface area contributed by atoms with Gasteiger partial charge < -0.3 is 20.7 Å². The minimum absolute atomic E-state index is 0.0113. The molecule has 0 heterocycles. The molecule has 5 heteroatoms. The summed E-state index contributed by atoms with van der Waals surface area (Å²) in [6.45, 7) is 10.2. The van der Waals surface area contributed by atoms with Crippen molar-refractivity contribution < 1.29 is 4.74 Å². The van der Waals surface area contributed by atoms with Crippen molar-refractivity contribution in [1.29, 1.82) is 0 Å². The first-order valence-electron chi connectivity index (χ1n) is 9.29. The second-order valence-corrected chi connectivity index (χ2v) is 6.69. The molecule has 0 radical (unpaired) electrons. The van der Waals surface area contributed by atoms with E-state index in [9.17, 15) is 0 Å². The number of hydrogen-bond donors (Lipinski definition) is 3. The first-order valence-corrected chi connectivity index (χ1v) is 9.29. The van der Waals surface area contributed by atoms with Gasteiger partial charge in [0, 0.05) is 38.3 Å². The quantitative estimate of drug-likeness (QED) is 0.449. The van der Waals surface area contributed by atoms with Crippen LogP contribution in [0.3, 0.4) is 0 Å². The average Bonchev–Trinajstić information content (AvgIpc) is 2.64. The van der Waals surface area contributed by atoms with Crippen LogP contribution < -0.4 is 16.0 Å². The number of nitrogens with zero attached hydrogens (tertiary/aromatic N) is 1. The Hall–Kier alpha value is -1.59. The zero-order valence-electron chi connectivity index (χ0n) is 16.7. The van der Waals surface area contributed by atoms with Gasteiger partial charge in [-0.25, -0.2) is 0 Å². The maximum Gasteiger partial charge on any atom is 0.191 e. The van der Waals surface area contributed by atoms with Crippen LogP contribution in [-0.4, -0.2) is 44.8 Å². The largest absolute Gasteiger partial charge is 0.383 e. The van der Waals surface area contributed by atoms with Crippen molar-refractivity contribution in [2.45, 2.75) is 58.2 Å². The van der Waals surface area contributed by atoms with E-state index in [4.69, 9.17) is 4.74 Å². The highest BCUT2D eigenvalue weighted by Gasteiger charge is 2.28. The van der Waals surface area contributed by atoms with Gasteiger partial charge in [-0.15, -0.1) is 0 Å². The first kappa shape index (κ1) is 21.5. The van der Waals surface area contributed by atoms with Gasteiger partial charge >= 0.3 is 0 Å². The van der Waals surface area contributed by atoms with Gasteiger partial charge in [0.15, 0.2) is 5.96 Å². The van der Waals surface area contributed by atoms with Gasteiger partial charge in [-0.3, -0.25) is 4.99 Å². The molecule has 0 spiro atoms. The predicted octanol–water partition coefficient (Wildman–Crippen LogP) is 3.10. The van der Waals surface area contributed by atoms with Crippen molar-refractivity contribution >= 4 is 5.96 Å². The molecule has 1 aromatic carbocycles. The number of benzene rings is 1. The molecule has 3 N–H and O–H groups in total. The number of aliphatic imine (C=N–C) groups is 1. The molecule has 0 aromatic heterocycles. The van der Waals surface area contributed by atoms with Gasteiger partial charge in [0.1, 0.15) is 0 Å². The standard InChI is InChI=1S/C20H36N4O/c1-7-20(8-2,24-17(4)18-12-10-9-11-13-18)15-22-19(21-5)23-16(3)14-25-6/h9-13,16-17,24H,7-8,14-15H2,1-6H3,(H2,21,22,23). The Morgan fingerprint density at radius 1 is 1.16 bits per heavy atom. The fourth-order valence-electron chi connectivity index (χ4n) is 3.01. The zero-order chi connectivity index (χ0) is 18.7. The summed E-state index contributed by atoms with van der Waals surface area (Å²) >= 11 is 0. The Labute approximate surface area is 153 Å². The monoisotopic (exact) mass is 348 g/mol. The lowest BCUT2D eigenvalue weighted by atomic mass is 9.90. The van der Waals surface area contributed by atoms with Crippen molar-refractivity contribution in [3.63, 3.8) is 0 Å². The first-order chi connectivity index (χ1) is 12.0. The number of ether oxygens (including phenoxy) is 1. The Morgan fingerprint density at radius 3 is 2.32 bits per heavy atom. The molecule has 142 valence electrons. The normalized spacial score (nSPS) is 14.9. The summed E-state index contributed by atoms with van der Waals surface area (Å²) in [5.74, 6) is 0.810. The SMILES string of the molecule is CCC(CC)(CNC(=NC)NC(C)COC)NC(C)c1ccccc1. The van der Waals surface area contributed by atoms with Crippen molar-refractivity contribution in [1.82, 2.24) is 16.0 Å². The number of nitrogens with one attached hydrogen (secondary N) is 3. The third-order valence-corrected chi connectivity index (χ3v) is 4.79. The number of rotatable bonds is 10. The lowest BCUT2D eigenvalue weighted by molar-refractivity contribution is 0.178. The Bertz CT molecular complexity index is 500. The molecule has 0 aliphatic rings. The minimum Gasteiger partial charge on any atom is -0.383 e. The molecule has 1 aromatic rings. The molecule has 0 amide bonds. The van der Waals surface area contributed by atoms with Gasteiger partial charge in [-0.2, -0.15) is 0 Å². The molecule has 2 unspecified atom stereocenters. The third kappa shape index (κ3) is 7.04. The van der Waals surface area contributed by atoms with E-state index >= 15 is 0 Å². The van der Waals surface area contributed by atoms with Gasteiger partial charge in [0.25, 0.3) is 0 Å². The second kappa shape index (κ2) is 11.1. The van der Waals surface area contributed by atoms with Crippen molar-refractivity contribution in [3.8, 4) is 0 Å². The molecule has 0 aliphatic heterocycles.